The summed E-state index contributed by atoms with van der Waals surface area (Å²) < 4.78 is 45.2. The number of rotatable bonds is 15. The first-order valence-corrected chi connectivity index (χ1v) is 20.6. The van der Waals surface area contributed by atoms with Crippen LogP contribution in [0.25, 0.3) is 22.2 Å². The zero-order valence-electron chi connectivity index (χ0n) is 32.5. The largest absolute Gasteiger partial charge is 0.497 e. The fourth-order valence-corrected chi connectivity index (χ4v) is 8.38. The van der Waals surface area contributed by atoms with Crippen molar-refractivity contribution in [3.8, 4) is 22.8 Å². The van der Waals surface area contributed by atoms with Crippen molar-refractivity contribution in [2.45, 2.75) is 95.2 Å². The molecule has 300 valence electrons. The molecule has 3 aliphatic rings. The second-order valence-corrected chi connectivity index (χ2v) is 17.8. The van der Waals surface area contributed by atoms with E-state index < -0.39 is 74.1 Å². The van der Waals surface area contributed by atoms with E-state index in [1.54, 1.807) is 40.0 Å². The molecule has 5 atom stereocenters. The van der Waals surface area contributed by atoms with Gasteiger partial charge in [-0.25, -0.2) is 18.2 Å². The van der Waals surface area contributed by atoms with Crippen LogP contribution in [0.4, 0.5) is 4.79 Å². The smallest absolute Gasteiger partial charge is 0.407 e. The van der Waals surface area contributed by atoms with Gasteiger partial charge in [0.15, 0.2) is 0 Å². The van der Waals surface area contributed by atoms with E-state index in [-0.39, 0.29) is 26.0 Å². The van der Waals surface area contributed by atoms with Gasteiger partial charge in [0.05, 0.1) is 36.7 Å². The van der Waals surface area contributed by atoms with Gasteiger partial charge in [-0.1, -0.05) is 70.5 Å². The highest BCUT2D eigenvalue weighted by atomic mass is 32.2. The van der Waals surface area contributed by atoms with Crippen LogP contribution in [0.3, 0.4) is 0 Å². The van der Waals surface area contributed by atoms with Crippen molar-refractivity contribution in [3.05, 3.63) is 67.3 Å². The minimum atomic E-state index is -3.91. The van der Waals surface area contributed by atoms with Gasteiger partial charge in [0, 0.05) is 35.4 Å². The van der Waals surface area contributed by atoms with E-state index >= 15 is 0 Å². The topological polar surface area (TPSA) is 182 Å². The van der Waals surface area contributed by atoms with Crippen LogP contribution < -0.4 is 24.8 Å². The van der Waals surface area contributed by atoms with Crippen LogP contribution in [0.5, 0.6) is 11.5 Å². The van der Waals surface area contributed by atoms with Crippen LogP contribution in [-0.4, -0.2) is 91.4 Å². The number of carbonyl (C=O) groups is 4. The highest BCUT2D eigenvalue weighted by Crippen LogP contribution is 2.46. The average Bonchev–Trinajstić information content (AvgIpc) is 4.10. The first kappa shape index (κ1) is 40.5. The molecule has 6 rings (SSSR count). The molecule has 1 aromatic heterocycles. The number of sulfonamides is 1. The first-order chi connectivity index (χ1) is 26.6. The van der Waals surface area contributed by atoms with Crippen molar-refractivity contribution >= 4 is 44.7 Å². The summed E-state index contributed by atoms with van der Waals surface area (Å²) in [6.07, 6.45) is 2.55. The Balaban J connectivity index is 1.33. The van der Waals surface area contributed by atoms with E-state index in [1.165, 1.54) is 11.0 Å². The van der Waals surface area contributed by atoms with E-state index in [2.05, 4.69) is 21.9 Å². The van der Waals surface area contributed by atoms with Gasteiger partial charge in [0.25, 0.3) is 5.91 Å². The molecule has 2 saturated carbocycles. The number of amides is 4. The lowest BCUT2D eigenvalue weighted by molar-refractivity contribution is -0.142. The highest BCUT2D eigenvalue weighted by Gasteiger charge is 2.62. The SMILES string of the molecule is C=C[C@@H]1C[C@]1(NC(=O)C1C[C@@H](Oc2cc(-c3ccccc3)nc3cc(OC)ccc23)CN1C(=O)[C@@H](NC(=O)OCCCC)C(C)(C)C)C(=O)NS(=O)(=O)C1CC1. The molecule has 2 aromatic carbocycles. The molecule has 1 aliphatic heterocycles. The number of carbonyl (C=O) groups excluding carboxylic acids is 4. The average molecular weight is 790 g/mol. The quantitative estimate of drug-likeness (QED) is 0.142. The number of fused-ring (bicyclic) bond motifs is 1. The number of ether oxygens (including phenoxy) is 3. The molecule has 3 aromatic rings. The van der Waals surface area contributed by atoms with Crippen LogP contribution in [-0.2, 0) is 29.1 Å². The lowest BCUT2D eigenvalue weighted by Gasteiger charge is -2.35. The molecule has 2 heterocycles. The third-order valence-electron chi connectivity index (χ3n) is 10.5. The van der Waals surface area contributed by atoms with Gasteiger partial charge < -0.3 is 29.7 Å². The maximum Gasteiger partial charge on any atom is 0.407 e. The molecule has 0 radical (unpaired) electrons. The number of unbranched alkanes of at least 4 members (excludes halogenated alkanes) is 1. The minimum Gasteiger partial charge on any atom is -0.497 e. The fraction of sp³-hybridized carbons (Fsp3) is 0.488. The molecule has 3 fully saturated rings. The second-order valence-electron chi connectivity index (χ2n) is 15.9. The third-order valence-corrected chi connectivity index (χ3v) is 12.4. The van der Waals surface area contributed by atoms with Crippen molar-refractivity contribution in [2.24, 2.45) is 11.3 Å². The Bertz CT molecular complexity index is 2100. The molecule has 4 amide bonds. The lowest BCUT2D eigenvalue weighted by Crippen LogP contribution is -2.60. The maximum atomic E-state index is 14.6. The normalized spacial score (nSPS) is 22.4. The lowest BCUT2D eigenvalue weighted by atomic mass is 9.85. The number of alkyl carbamates (subject to hydrolysis) is 1. The molecule has 56 heavy (non-hydrogen) atoms. The molecule has 14 nitrogen and oxygen atoms in total. The van der Waals surface area contributed by atoms with Crippen LogP contribution in [0.2, 0.25) is 0 Å². The Labute approximate surface area is 327 Å². The van der Waals surface area contributed by atoms with Crippen LogP contribution in [0, 0.1) is 11.3 Å². The summed E-state index contributed by atoms with van der Waals surface area (Å²) in [4.78, 5) is 61.8. The minimum absolute atomic E-state index is 0.0207. The van der Waals surface area contributed by atoms with Gasteiger partial charge in [0.1, 0.15) is 35.2 Å². The number of methoxy groups -OCH3 is 1. The van der Waals surface area contributed by atoms with Crippen molar-refractivity contribution in [2.75, 3.05) is 20.3 Å². The monoisotopic (exact) mass is 789 g/mol. The van der Waals surface area contributed by atoms with E-state index in [4.69, 9.17) is 19.2 Å². The first-order valence-electron chi connectivity index (χ1n) is 19.1. The van der Waals surface area contributed by atoms with Crippen LogP contribution in [0.1, 0.15) is 66.2 Å². The predicted octanol–water partition coefficient (Wildman–Crippen LogP) is 4.87. The molecule has 1 saturated heterocycles. The summed E-state index contributed by atoms with van der Waals surface area (Å²) in [6.45, 7) is 11.3. The zero-order chi connectivity index (χ0) is 40.4. The Morgan fingerprint density at radius 2 is 1.82 bits per heavy atom. The molecule has 0 bridgehead atoms. The summed E-state index contributed by atoms with van der Waals surface area (Å²) in [5, 5.41) is 5.57. The summed E-state index contributed by atoms with van der Waals surface area (Å²) >= 11 is 0. The molecular formula is C41H51N5O9S. The number of aromatic nitrogens is 1. The van der Waals surface area contributed by atoms with Gasteiger partial charge in [-0.2, -0.15) is 0 Å². The number of nitrogens with one attached hydrogen (secondary N) is 3. The molecular weight excluding hydrogens is 739 g/mol. The second kappa shape index (κ2) is 16.1. The predicted molar refractivity (Wildman–Crippen MR) is 210 cm³/mol. The van der Waals surface area contributed by atoms with Gasteiger partial charge in [-0.05, 0) is 43.2 Å². The van der Waals surface area contributed by atoms with E-state index in [1.807, 2.05) is 49.4 Å². The van der Waals surface area contributed by atoms with E-state index in [9.17, 15) is 27.6 Å². The molecule has 15 heteroatoms. The summed E-state index contributed by atoms with van der Waals surface area (Å²) in [5.41, 5.74) is -0.282. The number of benzene rings is 2. The number of pyridine rings is 1. The Morgan fingerprint density at radius 1 is 1.09 bits per heavy atom. The third kappa shape index (κ3) is 8.77. The number of hydrogen-bond donors (Lipinski definition) is 3. The number of hydrogen-bond acceptors (Lipinski definition) is 10. The standard InChI is InChI=1S/C41H51N5O9S/c1-7-9-19-54-39(50)43-35(40(3,4)5)37(48)46-24-28(21-33(46)36(47)44-41(23-26(41)8-2)38(49)45-56(51,52)29-16-17-29)55-34-22-31(25-13-11-10-12-14-25)42-32-20-27(53-6)15-18-30(32)34/h8,10-15,18,20,22,26,28-29,33,35H,2,7,9,16-17,19,21,23-24H2,1,3-6H3,(H,43,50)(H,44,47)(H,45,49)/t26-,28-,33?,35-,41-/m1/s1. The van der Waals surface area contributed by atoms with Gasteiger partial charge in [0.2, 0.25) is 21.8 Å². The fourth-order valence-electron chi connectivity index (χ4n) is 7.01. The molecule has 3 N–H and O–H groups in total. The van der Waals surface area contributed by atoms with E-state index in [0.29, 0.717) is 47.4 Å². The van der Waals surface area contributed by atoms with Crippen LogP contribution >= 0.6 is 0 Å². The Kier molecular flexibility index (Phi) is 11.7. The number of nitrogens with zero attached hydrogens (tertiary/aromatic N) is 2. The van der Waals surface area contributed by atoms with Crippen molar-refractivity contribution in [1.29, 1.82) is 0 Å². The van der Waals surface area contributed by atoms with Gasteiger partial charge in [-0.15, -0.1) is 6.58 Å². The zero-order valence-corrected chi connectivity index (χ0v) is 33.3. The van der Waals surface area contributed by atoms with Crippen molar-refractivity contribution < 1.29 is 41.8 Å². The summed E-state index contributed by atoms with van der Waals surface area (Å²) in [7, 11) is -2.34. The molecule has 2 aliphatic carbocycles. The molecule has 0 spiro atoms. The van der Waals surface area contributed by atoms with E-state index in [0.717, 1.165) is 12.0 Å². The Hall–Kier alpha value is -5.18. The summed E-state index contributed by atoms with van der Waals surface area (Å²) in [5.74, 6) is -1.52. The highest BCUT2D eigenvalue weighted by molar-refractivity contribution is 7.91. The molecule has 1 unspecified atom stereocenters. The van der Waals surface area contributed by atoms with Crippen molar-refractivity contribution in [3.63, 3.8) is 0 Å². The van der Waals surface area contributed by atoms with Gasteiger partial charge in [-0.3, -0.25) is 19.1 Å². The van der Waals surface area contributed by atoms with Gasteiger partial charge >= 0.3 is 6.09 Å². The van der Waals surface area contributed by atoms with Crippen LogP contribution in [0.15, 0.2) is 67.3 Å². The van der Waals surface area contributed by atoms with Crippen molar-refractivity contribution in [1.82, 2.24) is 25.2 Å². The maximum absolute atomic E-state index is 14.6. The number of likely N-dealkylation sites (tertiary alicyclic amines) is 1. The Morgan fingerprint density at radius 3 is 2.45 bits per heavy atom. The summed E-state index contributed by atoms with van der Waals surface area (Å²) in [6, 6.07) is 14.5.